The van der Waals surface area contributed by atoms with Gasteiger partial charge in [-0.1, -0.05) is 194 Å². The number of fused-ring (bicyclic) bond motifs is 3. The number of benzene rings is 6. The molecule has 0 bridgehead atoms. The van der Waals surface area contributed by atoms with Gasteiger partial charge >= 0.3 is 82.7 Å². The van der Waals surface area contributed by atoms with Gasteiger partial charge in [0.05, 0.1) is 89.3 Å². The molecular formula is C107H145N3O29S10. The molecule has 8 rings (SSSR count). The number of rotatable bonds is 59. The first-order chi connectivity index (χ1) is 70.4. The number of hydrogen-bond acceptors (Lipinski definition) is 39. The zero-order chi connectivity index (χ0) is 111. The predicted octanol–water partition coefficient (Wildman–Crippen LogP) is 15.8. The lowest BCUT2D eigenvalue weighted by molar-refractivity contribution is -0.171. The van der Waals surface area contributed by atoms with Gasteiger partial charge in [-0.3, -0.25) is 52.7 Å². The average Bonchev–Trinajstić information content (AvgIpc) is 1.54. The van der Waals surface area contributed by atoms with E-state index in [1.165, 1.54) is 22.3 Å². The monoisotopic (exact) mass is 2260 g/mol. The molecule has 10 unspecified atom stereocenters. The van der Waals surface area contributed by atoms with Crippen LogP contribution in [0.5, 0.6) is 23.0 Å². The van der Waals surface area contributed by atoms with Gasteiger partial charge in [-0.15, -0.1) is 0 Å². The van der Waals surface area contributed by atoms with Crippen LogP contribution in [0.2, 0.25) is 0 Å². The van der Waals surface area contributed by atoms with Crippen molar-refractivity contribution in [2.45, 2.75) is 251 Å². The molecule has 0 N–H and O–H groups in total. The second-order valence-corrected chi connectivity index (χ2v) is 45.9. The summed E-state index contributed by atoms with van der Waals surface area (Å²) < 4.78 is 82.7. The molecule has 0 fully saturated rings. The van der Waals surface area contributed by atoms with Crippen molar-refractivity contribution in [1.29, 1.82) is 0 Å². The highest BCUT2D eigenvalue weighted by molar-refractivity contribution is 7.82. The molecule has 6 aromatic carbocycles. The van der Waals surface area contributed by atoms with Crippen molar-refractivity contribution < 1.29 is 124 Å². The van der Waals surface area contributed by atoms with E-state index >= 15 is 0 Å². The Morgan fingerprint density at radius 1 is 0.255 bits per heavy atom. The SMILES string of the molecule is CC(C)CC(=O)OCC(COC(=O)CC(C)S)(COC(=O)CC(C)S)COC(=O)CC(C)S.CC(S)CC(=O)OCCOc1ccc(C(C)(C)c2ccc(OCCOC(=O)CC(C)S)cc2)cc1.CC(S)CC(=O)OCCOc1ccc(C2(c3ccc(OCCOC(=O)CC(C)S)cc3)c3ccccc3-c3ccccc32)cc1.CC(S)CC(=O)OCCn1c(=O)n(CCOC(=O)CC(C)S)c(=O)n(CCOC(=O)CC(C)S)c1=O. The van der Waals surface area contributed by atoms with Crippen molar-refractivity contribution in [1.82, 2.24) is 13.7 Å². The highest BCUT2D eigenvalue weighted by Crippen LogP contribution is 2.56. The van der Waals surface area contributed by atoms with Crippen molar-refractivity contribution in [3.8, 4) is 34.1 Å². The minimum absolute atomic E-state index is 0.0216. The van der Waals surface area contributed by atoms with Crippen molar-refractivity contribution in [3.63, 3.8) is 0 Å². The standard InChI is InChI=1S/C37H38O6S2.C27H36O6S2.C22H38O8S3.C21H33N3O9S3/c1-25(44)23-35(38)42-21-19-40-29-15-11-27(12-16-29)37(33-9-5-3-7-31(33)32-8-4-6-10-34(32)37)28-13-17-30(18-14-28)41-20-22-43-36(39)24-26(2)45;1-19(34)17-25(28)32-15-13-30-23-9-5-21(6-10-23)27(3,4)22-7-11-24(12-8-22)31-14-16-33-26(29)18-20(2)35;1-14(2)6-18(23)27-10-22(11-28-19(24)7-15(3)31,12-29-20(25)8-16(4)32)13-30-21(26)9-17(5)33;1-13(34)10-16(25)31-7-4-22-19(28)23(5-8-32-17(26)11-14(2)35)21(30)24(20(22)29)6-9-33-18(27)12-15(3)36/h3-18,25-26,44-45H,19-24H2,1-2H3;5-12,19-20,34-35H,13-18H2,1-4H3;14-17,31-33H,6-13H2,1-5H3;13-15,34-36H,4-12H2,1-3H3. The molecule has 42 heteroatoms. The summed E-state index contributed by atoms with van der Waals surface area (Å²) in [7, 11) is 0. The quantitative estimate of drug-likeness (QED) is 0.00732. The molecular weight excluding hydrogens is 2110 g/mol. The van der Waals surface area contributed by atoms with E-state index in [0.717, 1.165) is 47.5 Å². The van der Waals surface area contributed by atoms with E-state index in [9.17, 15) is 67.1 Å². The summed E-state index contributed by atoms with van der Waals surface area (Å²) in [6, 6.07) is 49.2. The summed E-state index contributed by atoms with van der Waals surface area (Å²) in [5, 5.41) is -1.51. The third-order valence-corrected chi connectivity index (χ3v) is 23.4. The van der Waals surface area contributed by atoms with Gasteiger partial charge in [0.2, 0.25) is 0 Å². The third kappa shape index (κ3) is 48.6. The number of nitrogens with zero attached hydrogens (tertiary/aromatic N) is 3. The summed E-state index contributed by atoms with van der Waals surface area (Å²) in [6.07, 6.45) is 1.55. The van der Waals surface area contributed by atoms with E-state index in [2.05, 4.69) is 213 Å². The van der Waals surface area contributed by atoms with Gasteiger partial charge in [0.15, 0.2) is 0 Å². The second kappa shape index (κ2) is 67.9. The summed E-state index contributed by atoms with van der Waals surface area (Å²) in [5.74, 6) is -1.93. The molecule has 1 heterocycles. The predicted molar refractivity (Wildman–Crippen MR) is 603 cm³/mol. The summed E-state index contributed by atoms with van der Waals surface area (Å²) in [4.78, 5) is 169. The molecule has 0 spiro atoms. The molecule has 1 aliphatic carbocycles. The van der Waals surface area contributed by atoms with Crippen molar-refractivity contribution in [2.24, 2.45) is 11.3 Å². The molecule has 0 aliphatic heterocycles. The van der Waals surface area contributed by atoms with Gasteiger partial charge in [-0.25, -0.2) is 28.1 Å². The molecule has 0 saturated heterocycles. The lowest BCUT2D eigenvalue weighted by Crippen LogP contribution is -2.55. The van der Waals surface area contributed by atoms with Crippen LogP contribution in [-0.4, -0.2) is 231 Å². The molecule has 0 saturated carbocycles. The van der Waals surface area contributed by atoms with E-state index < -0.39 is 69.7 Å². The number of ether oxygens (including phenoxy) is 15. The van der Waals surface area contributed by atoms with Crippen LogP contribution in [0, 0.1) is 11.3 Å². The van der Waals surface area contributed by atoms with E-state index in [-0.39, 0.29) is 264 Å². The molecule has 149 heavy (non-hydrogen) atoms. The Kier molecular flexibility index (Phi) is 59.3. The number of esters is 11. The molecule has 0 radical (unpaired) electrons. The Labute approximate surface area is 927 Å². The van der Waals surface area contributed by atoms with Gasteiger partial charge in [0, 0.05) is 64.3 Å². The fourth-order valence-corrected chi connectivity index (χ4v) is 16.1. The van der Waals surface area contributed by atoms with Gasteiger partial charge < -0.3 is 71.1 Å². The zero-order valence-corrected chi connectivity index (χ0v) is 95.8. The number of aromatic nitrogens is 3. The van der Waals surface area contributed by atoms with Gasteiger partial charge in [-0.05, 0) is 99.0 Å². The maximum Gasteiger partial charge on any atom is 0.336 e. The second-order valence-electron chi connectivity index (χ2n) is 37.1. The molecule has 7 aromatic rings. The highest BCUT2D eigenvalue weighted by atomic mass is 32.1. The summed E-state index contributed by atoms with van der Waals surface area (Å²) in [6.45, 7) is 24.7. The van der Waals surface area contributed by atoms with Crippen LogP contribution in [0.4, 0.5) is 0 Å². The van der Waals surface area contributed by atoms with E-state index in [1.807, 2.05) is 114 Å². The van der Waals surface area contributed by atoms with E-state index in [1.54, 1.807) is 41.5 Å². The van der Waals surface area contributed by atoms with Crippen LogP contribution < -0.4 is 36.0 Å². The number of carbonyl (C=O) groups excluding carboxylic acids is 11. The lowest BCUT2D eigenvalue weighted by atomic mass is 9.68. The van der Waals surface area contributed by atoms with Gasteiger partial charge in [0.1, 0.15) is 128 Å². The Bertz CT molecular complexity index is 5080. The number of thiol groups is 10. The van der Waals surface area contributed by atoms with Crippen molar-refractivity contribution in [3.05, 3.63) is 210 Å². The van der Waals surface area contributed by atoms with Crippen LogP contribution in [0.25, 0.3) is 11.1 Å². The first-order valence-electron chi connectivity index (χ1n) is 49.0. The number of hydrogen-bond donors (Lipinski definition) is 10. The molecule has 1 aromatic heterocycles. The first-order valence-corrected chi connectivity index (χ1v) is 54.2. The topological polar surface area (TPSA) is 392 Å². The van der Waals surface area contributed by atoms with Crippen LogP contribution in [0.3, 0.4) is 0 Å². The van der Waals surface area contributed by atoms with Crippen LogP contribution in [0.1, 0.15) is 201 Å². The first kappa shape index (κ1) is 130. The van der Waals surface area contributed by atoms with Crippen LogP contribution >= 0.6 is 126 Å². The zero-order valence-electron chi connectivity index (χ0n) is 86.9. The Hall–Kier alpha value is -9.40. The van der Waals surface area contributed by atoms with E-state index in [0.29, 0.717) is 24.7 Å². The molecule has 10 atom stereocenters. The molecule has 822 valence electrons. The lowest BCUT2D eigenvalue weighted by Gasteiger charge is -2.34. The smallest absolute Gasteiger partial charge is 0.336 e. The molecule has 32 nitrogen and oxygen atoms in total. The fourth-order valence-electron chi connectivity index (χ4n) is 14.6. The maximum atomic E-state index is 12.9. The summed E-state index contributed by atoms with van der Waals surface area (Å²) >= 11 is 41.7. The normalized spacial score (nSPS) is 14.0. The number of carbonyl (C=O) groups is 11. The van der Waals surface area contributed by atoms with Gasteiger partial charge in [-0.2, -0.15) is 126 Å². The molecule has 0 amide bonds. The van der Waals surface area contributed by atoms with Crippen LogP contribution in [0.15, 0.2) is 160 Å². The largest absolute Gasteiger partial charge is 0.490 e. The molecule has 1 aliphatic rings. The Morgan fingerprint density at radius 2 is 0.450 bits per heavy atom. The van der Waals surface area contributed by atoms with E-state index in [4.69, 9.17) is 71.1 Å². The third-order valence-electron chi connectivity index (χ3n) is 21.6. The highest BCUT2D eigenvalue weighted by Gasteiger charge is 2.46. The van der Waals surface area contributed by atoms with Crippen LogP contribution in [-0.2, 0) is 135 Å². The minimum Gasteiger partial charge on any atom is -0.490 e. The fraction of sp³-hybridized carbons (Fsp3) is 0.533. The maximum absolute atomic E-state index is 12.9. The minimum atomic E-state index is -1.27. The van der Waals surface area contributed by atoms with Gasteiger partial charge in [0.25, 0.3) is 0 Å². The van der Waals surface area contributed by atoms with Crippen molar-refractivity contribution in [2.75, 3.05) is 99.1 Å². The average molecular weight is 2260 g/mol. The summed E-state index contributed by atoms with van der Waals surface area (Å²) in [5.41, 5.74) is 4.32. The van der Waals surface area contributed by atoms with Crippen molar-refractivity contribution >= 4 is 192 Å². The Balaban J connectivity index is 0.000000352. The Morgan fingerprint density at radius 3 is 0.664 bits per heavy atom.